The minimum atomic E-state index is -0.0455. The first-order valence-electron chi connectivity index (χ1n) is 8.80. The Balaban J connectivity index is 1.36. The highest BCUT2D eigenvalue weighted by Gasteiger charge is 2.26. The molecule has 0 aliphatic carbocycles. The Kier molecular flexibility index (Phi) is 4.67. The van der Waals surface area contributed by atoms with Gasteiger partial charge in [-0.05, 0) is 24.1 Å². The highest BCUT2D eigenvalue weighted by atomic mass is 16.6. The Morgan fingerprint density at radius 3 is 2.88 bits per heavy atom. The summed E-state index contributed by atoms with van der Waals surface area (Å²) in [6.45, 7) is 3.76. The molecule has 134 valence electrons. The van der Waals surface area contributed by atoms with Crippen molar-refractivity contribution in [1.82, 2.24) is 10.3 Å². The van der Waals surface area contributed by atoms with Crippen LogP contribution in [-0.2, 0) is 27.2 Å². The number of ether oxygens (including phenoxy) is 2. The van der Waals surface area contributed by atoms with Gasteiger partial charge in [0, 0.05) is 6.20 Å². The summed E-state index contributed by atoms with van der Waals surface area (Å²) >= 11 is 0. The molecule has 0 saturated carbocycles. The van der Waals surface area contributed by atoms with Crippen LogP contribution < -0.4 is 5.32 Å². The summed E-state index contributed by atoms with van der Waals surface area (Å²) in [5, 5.41) is 3.02. The van der Waals surface area contributed by atoms with E-state index in [0.717, 1.165) is 22.4 Å². The Hall–Kier alpha value is -2.73. The number of hydrogen-bond donors (Lipinski definition) is 1. The number of carbonyl (C=O) groups is 1. The number of hydrogen-bond acceptors (Lipinski definition) is 5. The zero-order valence-electron chi connectivity index (χ0n) is 14.6. The standard InChI is InChI=1S/C20H21N3O3/c1-13(14-5-3-2-4-6-14)23-19(24)8-16-7-15-9-22-20(18(15)10-21-16)26-17-11-25-12-17/h2-7,10,13,17H,8-9,11-12H2,1H3,(H,23,24)/t13-/m1/s1. The molecule has 1 aromatic heterocycles. The minimum absolute atomic E-state index is 0.0360. The van der Waals surface area contributed by atoms with Crippen molar-refractivity contribution in [2.24, 2.45) is 4.99 Å². The van der Waals surface area contributed by atoms with Crippen LogP contribution in [0.3, 0.4) is 0 Å². The van der Waals surface area contributed by atoms with Crippen LogP contribution in [0.15, 0.2) is 47.6 Å². The first-order chi connectivity index (χ1) is 12.7. The second kappa shape index (κ2) is 7.25. The van der Waals surface area contributed by atoms with Crippen LogP contribution in [0.5, 0.6) is 0 Å². The maximum absolute atomic E-state index is 12.3. The maximum Gasteiger partial charge on any atom is 0.226 e. The topological polar surface area (TPSA) is 72.8 Å². The average Bonchev–Trinajstić information content (AvgIpc) is 3.01. The molecular formula is C20H21N3O3. The molecule has 1 fully saturated rings. The molecule has 2 aliphatic rings. The number of nitrogens with one attached hydrogen (secondary N) is 1. The molecule has 1 saturated heterocycles. The molecule has 0 unspecified atom stereocenters. The molecule has 4 rings (SSSR count). The van der Waals surface area contributed by atoms with Gasteiger partial charge in [-0.2, -0.15) is 0 Å². The van der Waals surface area contributed by atoms with Gasteiger partial charge >= 0.3 is 0 Å². The maximum atomic E-state index is 12.3. The van der Waals surface area contributed by atoms with E-state index in [1.165, 1.54) is 0 Å². The largest absolute Gasteiger partial charge is 0.469 e. The van der Waals surface area contributed by atoms with E-state index in [-0.39, 0.29) is 24.5 Å². The van der Waals surface area contributed by atoms with Crippen molar-refractivity contribution < 1.29 is 14.3 Å². The number of carbonyl (C=O) groups excluding carboxylic acids is 1. The monoisotopic (exact) mass is 351 g/mol. The Morgan fingerprint density at radius 1 is 1.35 bits per heavy atom. The van der Waals surface area contributed by atoms with Gasteiger partial charge in [0.05, 0.1) is 43.5 Å². The van der Waals surface area contributed by atoms with Gasteiger partial charge in [-0.15, -0.1) is 0 Å². The van der Waals surface area contributed by atoms with Crippen LogP contribution in [0, 0.1) is 0 Å². The molecule has 0 bridgehead atoms. The third kappa shape index (κ3) is 3.60. The van der Waals surface area contributed by atoms with Crippen LogP contribution in [0.1, 0.15) is 35.3 Å². The van der Waals surface area contributed by atoms with Crippen LogP contribution in [0.25, 0.3) is 0 Å². The highest BCUT2D eigenvalue weighted by Crippen LogP contribution is 2.22. The van der Waals surface area contributed by atoms with E-state index >= 15 is 0 Å². The number of nitrogens with zero attached hydrogens (tertiary/aromatic N) is 2. The van der Waals surface area contributed by atoms with Crippen molar-refractivity contribution in [2.45, 2.75) is 32.0 Å². The van der Waals surface area contributed by atoms with Crippen LogP contribution in [0.2, 0.25) is 0 Å². The number of rotatable bonds is 5. The molecular weight excluding hydrogens is 330 g/mol. The van der Waals surface area contributed by atoms with Crippen molar-refractivity contribution in [3.63, 3.8) is 0 Å². The third-order valence-electron chi connectivity index (χ3n) is 4.57. The lowest BCUT2D eigenvalue weighted by Crippen LogP contribution is -2.37. The Labute approximate surface area is 152 Å². The molecule has 0 spiro atoms. The van der Waals surface area contributed by atoms with Gasteiger partial charge < -0.3 is 14.8 Å². The van der Waals surface area contributed by atoms with E-state index in [9.17, 15) is 4.79 Å². The number of pyridine rings is 1. The quantitative estimate of drug-likeness (QED) is 0.896. The van der Waals surface area contributed by atoms with Crippen molar-refractivity contribution in [1.29, 1.82) is 0 Å². The second-order valence-electron chi connectivity index (χ2n) is 6.61. The molecule has 1 amide bonds. The fourth-order valence-electron chi connectivity index (χ4n) is 3.03. The first kappa shape index (κ1) is 16.7. The summed E-state index contributed by atoms with van der Waals surface area (Å²) in [4.78, 5) is 21.2. The van der Waals surface area contributed by atoms with Gasteiger partial charge in [0.1, 0.15) is 6.10 Å². The number of benzene rings is 1. The smallest absolute Gasteiger partial charge is 0.226 e. The molecule has 6 nitrogen and oxygen atoms in total. The van der Waals surface area contributed by atoms with E-state index in [4.69, 9.17) is 9.47 Å². The van der Waals surface area contributed by atoms with Crippen LogP contribution >= 0.6 is 0 Å². The minimum Gasteiger partial charge on any atom is -0.469 e. The fraction of sp³-hybridized carbons (Fsp3) is 0.350. The van der Waals surface area contributed by atoms with Crippen molar-refractivity contribution in [2.75, 3.05) is 13.2 Å². The van der Waals surface area contributed by atoms with E-state index in [0.29, 0.717) is 25.7 Å². The fourth-order valence-corrected chi connectivity index (χ4v) is 3.03. The van der Waals surface area contributed by atoms with E-state index < -0.39 is 0 Å². The molecule has 2 aromatic rings. The molecule has 0 radical (unpaired) electrons. The third-order valence-corrected chi connectivity index (χ3v) is 4.57. The van der Waals surface area contributed by atoms with E-state index in [2.05, 4.69) is 15.3 Å². The SMILES string of the molecule is C[C@@H](NC(=O)Cc1cc2c(cn1)C(OC1COC1)=NC2)c1ccccc1. The Morgan fingerprint density at radius 2 is 2.15 bits per heavy atom. The summed E-state index contributed by atoms with van der Waals surface area (Å²) in [6.07, 6.45) is 2.09. The van der Waals surface area contributed by atoms with Crippen LogP contribution in [0.4, 0.5) is 0 Å². The lowest BCUT2D eigenvalue weighted by molar-refractivity contribution is -0.121. The molecule has 1 atom stereocenters. The summed E-state index contributed by atoms with van der Waals surface area (Å²) in [5.41, 5.74) is 3.79. The lowest BCUT2D eigenvalue weighted by Gasteiger charge is -2.26. The molecule has 1 aromatic carbocycles. The Bertz CT molecular complexity index is 831. The average molecular weight is 351 g/mol. The second-order valence-corrected chi connectivity index (χ2v) is 6.61. The van der Waals surface area contributed by atoms with Crippen LogP contribution in [-0.4, -0.2) is 36.1 Å². The summed E-state index contributed by atoms with van der Waals surface area (Å²) in [7, 11) is 0. The van der Waals surface area contributed by atoms with Gasteiger partial charge in [-0.3, -0.25) is 9.78 Å². The zero-order valence-corrected chi connectivity index (χ0v) is 14.6. The summed E-state index contributed by atoms with van der Waals surface area (Å²) < 4.78 is 10.9. The van der Waals surface area contributed by atoms with Crippen molar-refractivity contribution in [3.05, 3.63) is 65.0 Å². The highest BCUT2D eigenvalue weighted by molar-refractivity contribution is 5.97. The number of aliphatic imine (C=N–C) groups is 1. The van der Waals surface area contributed by atoms with Gasteiger partial charge in [-0.1, -0.05) is 30.3 Å². The first-order valence-corrected chi connectivity index (χ1v) is 8.80. The number of amides is 1. The lowest BCUT2D eigenvalue weighted by atomic mass is 10.1. The van der Waals surface area contributed by atoms with Crippen molar-refractivity contribution in [3.8, 4) is 0 Å². The number of fused-ring (bicyclic) bond motifs is 1. The van der Waals surface area contributed by atoms with Crippen molar-refractivity contribution >= 4 is 11.8 Å². The van der Waals surface area contributed by atoms with E-state index in [1.807, 2.05) is 43.3 Å². The predicted octanol–water partition coefficient (Wildman–Crippen LogP) is 2.18. The summed E-state index contributed by atoms with van der Waals surface area (Å²) in [6, 6.07) is 11.8. The van der Waals surface area contributed by atoms with E-state index in [1.54, 1.807) is 6.20 Å². The number of aromatic nitrogens is 1. The summed E-state index contributed by atoms with van der Waals surface area (Å²) in [5.74, 6) is 0.588. The predicted molar refractivity (Wildman–Crippen MR) is 96.9 cm³/mol. The zero-order chi connectivity index (χ0) is 17.9. The molecule has 26 heavy (non-hydrogen) atoms. The van der Waals surface area contributed by atoms with Gasteiger partial charge in [0.15, 0.2) is 0 Å². The molecule has 3 heterocycles. The van der Waals surface area contributed by atoms with Gasteiger partial charge in [-0.25, -0.2) is 4.99 Å². The molecule has 1 N–H and O–H groups in total. The normalized spacial score (nSPS) is 17.0. The van der Waals surface area contributed by atoms with Gasteiger partial charge in [0.25, 0.3) is 0 Å². The molecule has 2 aliphatic heterocycles. The van der Waals surface area contributed by atoms with Gasteiger partial charge in [0.2, 0.25) is 11.8 Å². The molecule has 6 heteroatoms.